The minimum atomic E-state index is -0.957. The van der Waals surface area contributed by atoms with Crippen LogP contribution in [0.25, 0.3) is 0 Å². The molecule has 2 unspecified atom stereocenters. The van der Waals surface area contributed by atoms with Crippen molar-refractivity contribution >= 4 is 11.6 Å². The van der Waals surface area contributed by atoms with E-state index in [0.717, 1.165) is 48.3 Å². The third-order valence-electron chi connectivity index (χ3n) is 6.15. The van der Waals surface area contributed by atoms with E-state index in [1.807, 2.05) is 23.1 Å². The lowest BCUT2D eigenvalue weighted by molar-refractivity contribution is -0.128. The molecule has 2 atom stereocenters. The van der Waals surface area contributed by atoms with E-state index >= 15 is 4.39 Å². The Hall–Kier alpha value is -2.56. The number of piperidine rings is 1. The number of carbonyl (C=O) groups is 1. The van der Waals surface area contributed by atoms with Gasteiger partial charge in [0.1, 0.15) is 11.9 Å². The maximum absolute atomic E-state index is 15.0. The monoisotopic (exact) mass is 382 g/mol. The molecule has 2 aromatic carbocycles. The molecule has 2 aliphatic heterocycles. The number of alkyl halides is 1. The number of aromatic hydroxyl groups is 1. The number of hydrogen-bond acceptors (Lipinski definition) is 3. The first-order valence-electron chi connectivity index (χ1n) is 10.1. The second-order valence-corrected chi connectivity index (χ2v) is 7.93. The number of carbonyl (C=O) groups excluding carboxylic acids is 1. The normalized spacial score (nSPS) is 22.7. The molecule has 0 radical (unpaired) electrons. The van der Waals surface area contributed by atoms with Crippen LogP contribution >= 0.6 is 0 Å². The molecule has 0 spiro atoms. The molecular weight excluding hydrogens is 355 g/mol. The average molecular weight is 382 g/mol. The molecule has 0 bridgehead atoms. The second-order valence-electron chi connectivity index (χ2n) is 7.93. The van der Waals surface area contributed by atoms with Gasteiger partial charge in [-0.2, -0.15) is 0 Å². The first kappa shape index (κ1) is 18.8. The van der Waals surface area contributed by atoms with Crippen molar-refractivity contribution < 1.29 is 14.3 Å². The molecule has 1 amide bonds. The van der Waals surface area contributed by atoms with E-state index in [4.69, 9.17) is 0 Å². The van der Waals surface area contributed by atoms with Crippen molar-refractivity contribution in [3.63, 3.8) is 0 Å². The molecule has 28 heavy (non-hydrogen) atoms. The fraction of sp³-hybridized carbons (Fsp3) is 0.435. The number of halogens is 1. The van der Waals surface area contributed by atoms with Crippen molar-refractivity contribution in [1.82, 2.24) is 4.90 Å². The van der Waals surface area contributed by atoms with Gasteiger partial charge in [-0.25, -0.2) is 4.39 Å². The van der Waals surface area contributed by atoms with E-state index in [1.54, 1.807) is 12.1 Å². The van der Waals surface area contributed by atoms with Crippen molar-refractivity contribution in [1.29, 1.82) is 0 Å². The highest BCUT2D eigenvalue weighted by atomic mass is 19.1. The predicted molar refractivity (Wildman–Crippen MR) is 108 cm³/mol. The lowest BCUT2D eigenvalue weighted by Gasteiger charge is -2.37. The lowest BCUT2D eigenvalue weighted by Crippen LogP contribution is -2.41. The van der Waals surface area contributed by atoms with E-state index < -0.39 is 6.17 Å². The van der Waals surface area contributed by atoms with Crippen molar-refractivity contribution in [2.75, 3.05) is 24.5 Å². The molecule has 0 aromatic heterocycles. The summed E-state index contributed by atoms with van der Waals surface area (Å²) in [5, 5.41) is 9.46. The second kappa shape index (κ2) is 7.82. The number of phenols is 1. The SMILES string of the molecule is Cc1c(CN2CCCC2=O)cccc1N1CCC(c2ccc(O)cc2)C(F)C1. The Morgan fingerprint density at radius 2 is 1.93 bits per heavy atom. The summed E-state index contributed by atoms with van der Waals surface area (Å²) in [7, 11) is 0. The van der Waals surface area contributed by atoms with Crippen LogP contribution in [0.15, 0.2) is 42.5 Å². The van der Waals surface area contributed by atoms with Gasteiger partial charge in [-0.3, -0.25) is 4.79 Å². The molecule has 2 fully saturated rings. The van der Waals surface area contributed by atoms with E-state index in [2.05, 4.69) is 24.0 Å². The number of phenolic OH excluding ortho intramolecular Hbond substituents is 1. The van der Waals surface area contributed by atoms with Crippen molar-refractivity contribution in [2.24, 2.45) is 0 Å². The first-order chi connectivity index (χ1) is 13.5. The summed E-state index contributed by atoms with van der Waals surface area (Å²) < 4.78 is 15.0. The summed E-state index contributed by atoms with van der Waals surface area (Å²) >= 11 is 0. The van der Waals surface area contributed by atoms with Crippen LogP contribution in [-0.4, -0.2) is 41.7 Å². The number of amides is 1. The van der Waals surface area contributed by atoms with E-state index in [0.29, 0.717) is 19.5 Å². The fourth-order valence-corrected chi connectivity index (χ4v) is 4.48. The largest absolute Gasteiger partial charge is 0.508 e. The van der Waals surface area contributed by atoms with Crippen LogP contribution in [0.2, 0.25) is 0 Å². The van der Waals surface area contributed by atoms with E-state index in [-0.39, 0.29) is 17.6 Å². The van der Waals surface area contributed by atoms with Gasteiger partial charge in [0.2, 0.25) is 5.91 Å². The summed E-state index contributed by atoms with van der Waals surface area (Å²) in [5.74, 6) is 0.298. The number of benzene rings is 2. The van der Waals surface area contributed by atoms with Gasteiger partial charge < -0.3 is 14.9 Å². The Morgan fingerprint density at radius 1 is 1.14 bits per heavy atom. The predicted octanol–water partition coefficient (Wildman–Crippen LogP) is 4.16. The van der Waals surface area contributed by atoms with Crippen LogP contribution in [0, 0.1) is 6.92 Å². The molecule has 1 N–H and O–H groups in total. The number of anilines is 1. The Morgan fingerprint density at radius 3 is 2.61 bits per heavy atom. The molecule has 0 saturated carbocycles. The molecule has 2 saturated heterocycles. The summed E-state index contributed by atoms with van der Waals surface area (Å²) in [4.78, 5) is 16.0. The Kier molecular flexibility index (Phi) is 5.25. The molecule has 148 valence electrons. The topological polar surface area (TPSA) is 43.8 Å². The maximum atomic E-state index is 15.0. The van der Waals surface area contributed by atoms with Crippen LogP contribution in [0.3, 0.4) is 0 Å². The lowest BCUT2D eigenvalue weighted by atomic mass is 9.87. The van der Waals surface area contributed by atoms with Crippen molar-refractivity contribution in [3.05, 3.63) is 59.2 Å². The van der Waals surface area contributed by atoms with Gasteiger partial charge in [0, 0.05) is 44.2 Å². The molecular formula is C23H27FN2O2. The van der Waals surface area contributed by atoms with Crippen LogP contribution in [0.4, 0.5) is 10.1 Å². The van der Waals surface area contributed by atoms with Crippen LogP contribution in [0.1, 0.15) is 41.9 Å². The quantitative estimate of drug-likeness (QED) is 0.864. The zero-order valence-corrected chi connectivity index (χ0v) is 16.3. The number of rotatable bonds is 4. The Balaban J connectivity index is 1.48. The third kappa shape index (κ3) is 3.71. The highest BCUT2D eigenvalue weighted by molar-refractivity contribution is 5.78. The zero-order chi connectivity index (χ0) is 19.7. The van der Waals surface area contributed by atoms with Crippen molar-refractivity contribution in [2.45, 2.75) is 44.8 Å². The molecule has 2 aromatic rings. The third-order valence-corrected chi connectivity index (χ3v) is 6.15. The van der Waals surface area contributed by atoms with Gasteiger partial charge in [0.15, 0.2) is 0 Å². The van der Waals surface area contributed by atoms with Gasteiger partial charge in [-0.1, -0.05) is 24.3 Å². The fourth-order valence-electron chi connectivity index (χ4n) is 4.48. The van der Waals surface area contributed by atoms with Crippen LogP contribution < -0.4 is 4.90 Å². The van der Waals surface area contributed by atoms with Gasteiger partial charge in [0.25, 0.3) is 0 Å². The molecule has 4 nitrogen and oxygen atoms in total. The molecule has 2 aliphatic rings. The van der Waals surface area contributed by atoms with Gasteiger partial charge >= 0.3 is 0 Å². The standard InChI is InChI=1S/C23H27FN2O2/c1-16-18(14-26-12-3-6-23(26)28)4-2-5-22(16)25-13-11-20(21(24)15-25)17-7-9-19(27)10-8-17/h2,4-5,7-10,20-21,27H,3,6,11-15H2,1H3. The summed E-state index contributed by atoms with van der Waals surface area (Å²) in [6, 6.07) is 13.0. The van der Waals surface area contributed by atoms with E-state index in [1.165, 1.54) is 0 Å². The maximum Gasteiger partial charge on any atom is 0.222 e. The molecule has 2 heterocycles. The zero-order valence-electron chi connectivity index (χ0n) is 16.3. The van der Waals surface area contributed by atoms with Crippen molar-refractivity contribution in [3.8, 4) is 5.75 Å². The van der Waals surface area contributed by atoms with Gasteiger partial charge in [0.05, 0.1) is 0 Å². The molecule has 5 heteroatoms. The smallest absolute Gasteiger partial charge is 0.222 e. The highest BCUT2D eigenvalue weighted by Gasteiger charge is 2.31. The Labute approximate surface area is 165 Å². The first-order valence-corrected chi connectivity index (χ1v) is 10.1. The minimum absolute atomic E-state index is 0.137. The van der Waals surface area contributed by atoms with Gasteiger partial charge in [-0.05, 0) is 54.7 Å². The average Bonchev–Trinajstić information content (AvgIpc) is 3.09. The highest BCUT2D eigenvalue weighted by Crippen LogP contribution is 2.35. The number of nitrogens with zero attached hydrogens (tertiary/aromatic N) is 2. The van der Waals surface area contributed by atoms with E-state index in [9.17, 15) is 9.90 Å². The summed E-state index contributed by atoms with van der Waals surface area (Å²) in [6.45, 7) is 4.69. The van der Waals surface area contributed by atoms with Gasteiger partial charge in [-0.15, -0.1) is 0 Å². The van der Waals surface area contributed by atoms with Crippen LogP contribution in [0.5, 0.6) is 5.75 Å². The summed E-state index contributed by atoms with van der Waals surface area (Å²) in [6.07, 6.45) is 1.36. The van der Waals surface area contributed by atoms with Crippen LogP contribution in [-0.2, 0) is 11.3 Å². The molecule has 0 aliphatic carbocycles. The summed E-state index contributed by atoms with van der Waals surface area (Å²) in [5.41, 5.74) is 4.29. The number of hydrogen-bond donors (Lipinski definition) is 1. The Bertz CT molecular complexity index is 852. The number of likely N-dealkylation sites (tertiary alicyclic amines) is 1. The molecule has 4 rings (SSSR count). The minimum Gasteiger partial charge on any atom is -0.508 e.